The lowest BCUT2D eigenvalue weighted by atomic mass is 10.1. The zero-order valence-corrected chi connectivity index (χ0v) is 10.1. The summed E-state index contributed by atoms with van der Waals surface area (Å²) in [5.41, 5.74) is 0.929. The fourth-order valence-electron chi connectivity index (χ4n) is 1.96. The van der Waals surface area contributed by atoms with Crippen LogP contribution in [0.4, 0.5) is 0 Å². The highest BCUT2D eigenvalue weighted by Crippen LogP contribution is 2.30. The first-order chi connectivity index (χ1) is 8.83. The second-order valence-electron chi connectivity index (χ2n) is 4.20. The van der Waals surface area contributed by atoms with Crippen LogP contribution < -0.4 is 0 Å². The minimum Gasteiger partial charge on any atom is -0.394 e. The van der Waals surface area contributed by atoms with E-state index in [1.807, 2.05) is 30.3 Å². The zero-order chi connectivity index (χ0) is 12.8. The van der Waals surface area contributed by atoms with Gasteiger partial charge in [0.25, 0.3) is 0 Å². The van der Waals surface area contributed by atoms with Crippen LogP contribution in [0.25, 0.3) is 0 Å². The Bertz CT molecular complexity index is 377. The maximum absolute atomic E-state index is 9.24. The fraction of sp³-hybridized carbons (Fsp3) is 0.429. The third kappa shape index (κ3) is 3.40. The molecule has 1 fully saturated rings. The van der Waals surface area contributed by atoms with Crippen LogP contribution in [0.5, 0.6) is 0 Å². The van der Waals surface area contributed by atoms with Crippen molar-refractivity contribution in [2.24, 2.45) is 0 Å². The van der Waals surface area contributed by atoms with E-state index in [1.54, 1.807) is 12.2 Å². The van der Waals surface area contributed by atoms with Crippen molar-refractivity contribution in [3.8, 4) is 0 Å². The van der Waals surface area contributed by atoms with Gasteiger partial charge in [0, 0.05) is 12.0 Å². The average Bonchev–Trinajstić information content (AvgIpc) is 2.45. The van der Waals surface area contributed by atoms with Gasteiger partial charge >= 0.3 is 0 Å². The molecule has 1 aliphatic heterocycles. The lowest BCUT2D eigenvalue weighted by Gasteiger charge is -2.34. The molecule has 4 heteroatoms. The van der Waals surface area contributed by atoms with Crippen LogP contribution in [0.3, 0.4) is 0 Å². The number of ether oxygens (including phenoxy) is 2. The van der Waals surface area contributed by atoms with Gasteiger partial charge in [0.2, 0.25) is 0 Å². The Morgan fingerprint density at radius 1 is 1.17 bits per heavy atom. The summed E-state index contributed by atoms with van der Waals surface area (Å²) in [7, 11) is 0. The van der Waals surface area contributed by atoms with Crippen LogP contribution >= 0.6 is 0 Å². The van der Waals surface area contributed by atoms with Crippen molar-refractivity contribution in [2.75, 3.05) is 13.2 Å². The summed E-state index contributed by atoms with van der Waals surface area (Å²) in [6.07, 6.45) is 3.19. The van der Waals surface area contributed by atoms with Gasteiger partial charge in [0.15, 0.2) is 6.29 Å². The molecule has 1 aromatic carbocycles. The molecule has 1 aromatic rings. The second-order valence-corrected chi connectivity index (χ2v) is 4.20. The van der Waals surface area contributed by atoms with E-state index in [4.69, 9.17) is 14.6 Å². The highest BCUT2D eigenvalue weighted by molar-refractivity contribution is 5.16. The molecule has 0 spiro atoms. The maximum Gasteiger partial charge on any atom is 0.184 e. The van der Waals surface area contributed by atoms with Gasteiger partial charge in [-0.1, -0.05) is 42.5 Å². The Hall–Kier alpha value is -1.20. The third-order valence-corrected chi connectivity index (χ3v) is 2.84. The van der Waals surface area contributed by atoms with Crippen molar-refractivity contribution in [3.63, 3.8) is 0 Å². The van der Waals surface area contributed by atoms with Gasteiger partial charge in [-0.25, -0.2) is 0 Å². The van der Waals surface area contributed by atoms with E-state index in [2.05, 4.69) is 0 Å². The number of aliphatic hydroxyl groups is 2. The van der Waals surface area contributed by atoms with E-state index in [9.17, 15) is 5.11 Å². The van der Waals surface area contributed by atoms with Crippen molar-refractivity contribution in [2.45, 2.75) is 24.9 Å². The Labute approximate surface area is 106 Å². The minimum atomic E-state index is -0.467. The van der Waals surface area contributed by atoms with Crippen LogP contribution in [0.2, 0.25) is 0 Å². The van der Waals surface area contributed by atoms with Crippen molar-refractivity contribution in [1.29, 1.82) is 0 Å². The van der Waals surface area contributed by atoms with E-state index in [-0.39, 0.29) is 25.4 Å². The molecule has 1 heterocycles. The summed E-state index contributed by atoms with van der Waals surface area (Å²) in [6, 6.07) is 9.62. The predicted octanol–water partition coefficient (Wildman–Crippen LogP) is 1.40. The highest BCUT2D eigenvalue weighted by Gasteiger charge is 2.29. The molecular formula is C14H18O4. The quantitative estimate of drug-likeness (QED) is 0.793. The molecule has 0 unspecified atom stereocenters. The fourth-order valence-corrected chi connectivity index (χ4v) is 1.96. The molecule has 0 bridgehead atoms. The number of benzene rings is 1. The number of hydrogen-bond acceptors (Lipinski definition) is 4. The summed E-state index contributed by atoms with van der Waals surface area (Å²) in [5, 5.41) is 18.0. The SMILES string of the molecule is OC/C=C\[C@@H]1C[C@H](CO)O[C@H](c2ccccc2)O1. The van der Waals surface area contributed by atoms with Gasteiger partial charge < -0.3 is 19.7 Å². The Morgan fingerprint density at radius 3 is 2.61 bits per heavy atom. The second kappa shape index (κ2) is 6.66. The van der Waals surface area contributed by atoms with Crippen LogP contribution in [-0.4, -0.2) is 35.6 Å². The summed E-state index contributed by atoms with van der Waals surface area (Å²) < 4.78 is 11.4. The van der Waals surface area contributed by atoms with Crippen LogP contribution in [0.15, 0.2) is 42.5 Å². The summed E-state index contributed by atoms with van der Waals surface area (Å²) in [4.78, 5) is 0. The monoisotopic (exact) mass is 250 g/mol. The molecule has 2 rings (SSSR count). The van der Waals surface area contributed by atoms with Crippen LogP contribution in [0.1, 0.15) is 18.3 Å². The van der Waals surface area contributed by atoms with Crippen molar-refractivity contribution < 1.29 is 19.7 Å². The van der Waals surface area contributed by atoms with Crippen molar-refractivity contribution in [3.05, 3.63) is 48.0 Å². The standard InChI is InChI=1S/C14H18O4/c15-8-4-7-12-9-13(10-16)18-14(17-12)11-5-2-1-3-6-11/h1-7,12-16H,8-10H2/b7-4-/t12-,13-,14-/m1/s1. The molecule has 0 amide bonds. The number of hydrogen-bond donors (Lipinski definition) is 2. The molecule has 18 heavy (non-hydrogen) atoms. The molecule has 1 saturated heterocycles. The Balaban J connectivity index is 2.08. The van der Waals surface area contributed by atoms with Crippen molar-refractivity contribution in [1.82, 2.24) is 0 Å². The zero-order valence-electron chi connectivity index (χ0n) is 10.1. The Morgan fingerprint density at radius 2 is 1.94 bits per heavy atom. The molecule has 3 atom stereocenters. The largest absolute Gasteiger partial charge is 0.394 e. The first kappa shape index (κ1) is 13.2. The lowest BCUT2D eigenvalue weighted by Crippen LogP contribution is -2.34. The Kier molecular flexibility index (Phi) is 4.90. The lowest BCUT2D eigenvalue weighted by molar-refractivity contribution is -0.243. The van der Waals surface area contributed by atoms with E-state index in [0.717, 1.165) is 5.56 Å². The van der Waals surface area contributed by atoms with Gasteiger partial charge in [-0.3, -0.25) is 0 Å². The van der Waals surface area contributed by atoms with E-state index < -0.39 is 6.29 Å². The van der Waals surface area contributed by atoms with Gasteiger partial charge in [0.05, 0.1) is 25.4 Å². The summed E-state index contributed by atoms with van der Waals surface area (Å²) in [6.45, 7) is -0.0450. The third-order valence-electron chi connectivity index (χ3n) is 2.84. The van der Waals surface area contributed by atoms with Crippen LogP contribution in [-0.2, 0) is 9.47 Å². The maximum atomic E-state index is 9.24. The van der Waals surface area contributed by atoms with Gasteiger partial charge in [0.1, 0.15) is 0 Å². The van der Waals surface area contributed by atoms with Gasteiger partial charge in [-0.2, -0.15) is 0 Å². The summed E-state index contributed by atoms with van der Waals surface area (Å²) >= 11 is 0. The number of aliphatic hydroxyl groups excluding tert-OH is 2. The molecule has 0 aromatic heterocycles. The first-order valence-corrected chi connectivity index (χ1v) is 6.07. The molecule has 2 N–H and O–H groups in total. The minimum absolute atomic E-state index is 0.0134. The molecule has 0 aliphatic carbocycles. The van der Waals surface area contributed by atoms with Gasteiger partial charge in [-0.15, -0.1) is 0 Å². The number of rotatable bonds is 4. The molecule has 4 nitrogen and oxygen atoms in total. The van der Waals surface area contributed by atoms with Gasteiger partial charge in [-0.05, 0) is 0 Å². The van der Waals surface area contributed by atoms with Crippen molar-refractivity contribution >= 4 is 0 Å². The average molecular weight is 250 g/mol. The molecule has 0 radical (unpaired) electrons. The van der Waals surface area contributed by atoms with E-state index >= 15 is 0 Å². The van der Waals surface area contributed by atoms with Crippen LogP contribution in [0, 0.1) is 0 Å². The molecular weight excluding hydrogens is 232 g/mol. The highest BCUT2D eigenvalue weighted by atomic mass is 16.7. The first-order valence-electron chi connectivity index (χ1n) is 6.07. The van der Waals surface area contributed by atoms with E-state index in [0.29, 0.717) is 6.42 Å². The predicted molar refractivity (Wildman–Crippen MR) is 66.9 cm³/mol. The molecule has 0 saturated carbocycles. The smallest absolute Gasteiger partial charge is 0.184 e. The topological polar surface area (TPSA) is 58.9 Å². The normalized spacial score (nSPS) is 28.7. The molecule has 1 aliphatic rings. The molecule has 98 valence electrons. The summed E-state index contributed by atoms with van der Waals surface area (Å²) in [5.74, 6) is 0. The van der Waals surface area contributed by atoms with E-state index in [1.165, 1.54) is 0 Å².